The zero-order valence-electron chi connectivity index (χ0n) is 8.68. The van der Waals surface area contributed by atoms with Crippen LogP contribution < -0.4 is 0 Å². The van der Waals surface area contributed by atoms with Gasteiger partial charge in [0.1, 0.15) is 0 Å². The summed E-state index contributed by atoms with van der Waals surface area (Å²) in [6, 6.07) is 11.2. The molecule has 0 spiro atoms. The molecule has 0 unspecified atom stereocenters. The van der Waals surface area contributed by atoms with E-state index >= 15 is 0 Å². The molecule has 0 aliphatic rings. The van der Waals surface area contributed by atoms with Gasteiger partial charge in [-0.05, 0) is 41.8 Å². The van der Waals surface area contributed by atoms with Crippen LogP contribution in [0.3, 0.4) is 0 Å². The Bertz CT molecular complexity index is 500. The van der Waals surface area contributed by atoms with E-state index in [1.807, 2.05) is 24.3 Å². The number of rotatable bonds is 2. The minimum atomic E-state index is 0.559. The predicted molar refractivity (Wildman–Crippen MR) is 75.7 cm³/mol. The fourth-order valence-electron chi connectivity index (χ4n) is 1.53. The number of halogens is 4. The van der Waals surface area contributed by atoms with Gasteiger partial charge < -0.3 is 0 Å². The van der Waals surface area contributed by atoms with E-state index in [0.717, 1.165) is 17.5 Å². The molecule has 17 heavy (non-hydrogen) atoms. The molecule has 0 radical (unpaired) electrons. The molecule has 0 aliphatic carbocycles. The average molecular weight is 306 g/mol. The number of hydrogen-bond donors (Lipinski definition) is 0. The Morgan fingerprint density at radius 1 is 0.588 bits per heavy atom. The maximum absolute atomic E-state index is 5.96. The lowest BCUT2D eigenvalue weighted by atomic mass is 10.1. The Balaban J connectivity index is 2.25. The van der Waals surface area contributed by atoms with Gasteiger partial charge in [0.05, 0.1) is 20.1 Å². The molecule has 2 aromatic carbocycles. The van der Waals surface area contributed by atoms with Crippen molar-refractivity contribution in [3.05, 3.63) is 67.6 Å². The van der Waals surface area contributed by atoms with Gasteiger partial charge in [0.25, 0.3) is 0 Å². The first-order chi connectivity index (χ1) is 8.06. The van der Waals surface area contributed by atoms with E-state index in [0.29, 0.717) is 20.1 Å². The summed E-state index contributed by atoms with van der Waals surface area (Å²) in [5, 5.41) is 2.24. The van der Waals surface area contributed by atoms with Gasteiger partial charge in [0, 0.05) is 0 Å². The van der Waals surface area contributed by atoms with Gasteiger partial charge in [-0.3, -0.25) is 0 Å². The van der Waals surface area contributed by atoms with Crippen LogP contribution in [-0.2, 0) is 6.42 Å². The summed E-state index contributed by atoms with van der Waals surface area (Å²) < 4.78 is 0. The van der Waals surface area contributed by atoms with Gasteiger partial charge >= 0.3 is 0 Å². The van der Waals surface area contributed by atoms with E-state index in [1.165, 1.54) is 0 Å². The van der Waals surface area contributed by atoms with Crippen LogP contribution in [-0.4, -0.2) is 0 Å². The smallest absolute Gasteiger partial charge is 0.0595 e. The second kappa shape index (κ2) is 5.49. The highest BCUT2D eigenvalue weighted by atomic mass is 35.5. The van der Waals surface area contributed by atoms with Gasteiger partial charge in [-0.15, -0.1) is 0 Å². The molecule has 0 aromatic heterocycles. The van der Waals surface area contributed by atoms with Crippen molar-refractivity contribution in [2.75, 3.05) is 0 Å². The molecule has 4 heteroatoms. The quantitative estimate of drug-likeness (QED) is 0.649. The van der Waals surface area contributed by atoms with Crippen molar-refractivity contribution in [3.63, 3.8) is 0 Å². The van der Waals surface area contributed by atoms with E-state index < -0.39 is 0 Å². The summed E-state index contributed by atoms with van der Waals surface area (Å²) in [4.78, 5) is 0. The van der Waals surface area contributed by atoms with Crippen LogP contribution in [0.5, 0.6) is 0 Å². The molecule has 0 amide bonds. The average Bonchev–Trinajstić information content (AvgIpc) is 2.29. The minimum Gasteiger partial charge on any atom is -0.0827 e. The second-order valence-corrected chi connectivity index (χ2v) is 5.30. The van der Waals surface area contributed by atoms with Gasteiger partial charge in [-0.1, -0.05) is 58.5 Å². The van der Waals surface area contributed by atoms with Crippen LogP contribution >= 0.6 is 46.4 Å². The lowest BCUT2D eigenvalue weighted by Crippen LogP contribution is -1.88. The monoisotopic (exact) mass is 304 g/mol. The normalized spacial score (nSPS) is 10.6. The van der Waals surface area contributed by atoms with E-state index in [9.17, 15) is 0 Å². The molecule has 0 nitrogen and oxygen atoms in total. The standard InChI is InChI=1S/C13H8Cl4/c14-10-3-1-8(6-12(10)16)5-9-2-4-11(15)13(17)7-9/h1-4,6-7H,5H2. The first kappa shape index (κ1) is 13.0. The molecular formula is C13H8Cl4. The Hall–Kier alpha value is -0.400. The van der Waals surface area contributed by atoms with Crippen molar-refractivity contribution in [2.45, 2.75) is 6.42 Å². The van der Waals surface area contributed by atoms with Crippen molar-refractivity contribution in [1.82, 2.24) is 0 Å². The summed E-state index contributed by atoms with van der Waals surface area (Å²) in [7, 11) is 0. The highest BCUT2D eigenvalue weighted by Crippen LogP contribution is 2.26. The van der Waals surface area contributed by atoms with E-state index in [-0.39, 0.29) is 0 Å². The van der Waals surface area contributed by atoms with Crippen LogP contribution in [0.4, 0.5) is 0 Å². The van der Waals surface area contributed by atoms with Crippen molar-refractivity contribution in [3.8, 4) is 0 Å². The van der Waals surface area contributed by atoms with Crippen molar-refractivity contribution >= 4 is 46.4 Å². The Kier molecular flexibility index (Phi) is 4.22. The summed E-state index contributed by atoms with van der Waals surface area (Å²) in [6.45, 7) is 0. The van der Waals surface area contributed by atoms with Gasteiger partial charge in [-0.25, -0.2) is 0 Å². The third-order valence-electron chi connectivity index (χ3n) is 2.38. The second-order valence-electron chi connectivity index (χ2n) is 3.67. The highest BCUT2D eigenvalue weighted by Gasteiger charge is 2.03. The van der Waals surface area contributed by atoms with Crippen molar-refractivity contribution in [2.24, 2.45) is 0 Å². The van der Waals surface area contributed by atoms with Crippen LogP contribution in [0, 0.1) is 0 Å². The van der Waals surface area contributed by atoms with Gasteiger partial charge in [-0.2, -0.15) is 0 Å². The molecule has 2 aromatic rings. The molecule has 0 saturated heterocycles. The van der Waals surface area contributed by atoms with Crippen LogP contribution in [0.2, 0.25) is 20.1 Å². The Labute approximate surface area is 120 Å². The fraction of sp³-hybridized carbons (Fsp3) is 0.0769. The highest BCUT2D eigenvalue weighted by molar-refractivity contribution is 6.42. The molecule has 0 heterocycles. The maximum atomic E-state index is 5.96. The first-order valence-corrected chi connectivity index (χ1v) is 6.45. The summed E-state index contributed by atoms with van der Waals surface area (Å²) >= 11 is 23.6. The first-order valence-electron chi connectivity index (χ1n) is 4.94. The lowest BCUT2D eigenvalue weighted by Gasteiger charge is -2.05. The molecule has 0 bridgehead atoms. The zero-order chi connectivity index (χ0) is 12.4. The SMILES string of the molecule is Clc1ccc(Cc2ccc(Cl)c(Cl)c2)cc1Cl. The predicted octanol–water partition coefficient (Wildman–Crippen LogP) is 5.89. The molecular weight excluding hydrogens is 298 g/mol. The van der Waals surface area contributed by atoms with Crippen LogP contribution in [0.15, 0.2) is 36.4 Å². The number of hydrogen-bond acceptors (Lipinski definition) is 0. The lowest BCUT2D eigenvalue weighted by molar-refractivity contribution is 1.19. The minimum absolute atomic E-state index is 0.559. The molecule has 0 atom stereocenters. The summed E-state index contributed by atoms with van der Waals surface area (Å²) in [5.41, 5.74) is 2.16. The maximum Gasteiger partial charge on any atom is 0.0595 e. The third kappa shape index (κ3) is 3.29. The Morgan fingerprint density at radius 2 is 1.00 bits per heavy atom. The summed E-state index contributed by atoms with van der Waals surface area (Å²) in [6.07, 6.45) is 0.744. The van der Waals surface area contributed by atoms with E-state index in [2.05, 4.69) is 0 Å². The molecule has 0 aliphatic heterocycles. The largest absolute Gasteiger partial charge is 0.0827 e. The van der Waals surface area contributed by atoms with Crippen molar-refractivity contribution in [1.29, 1.82) is 0 Å². The van der Waals surface area contributed by atoms with E-state index in [1.54, 1.807) is 12.1 Å². The van der Waals surface area contributed by atoms with E-state index in [4.69, 9.17) is 46.4 Å². The Morgan fingerprint density at radius 3 is 1.35 bits per heavy atom. The molecule has 88 valence electrons. The number of benzene rings is 2. The molecule has 2 rings (SSSR count). The molecule has 0 saturated carbocycles. The topological polar surface area (TPSA) is 0 Å². The zero-order valence-corrected chi connectivity index (χ0v) is 11.7. The fourth-order valence-corrected chi connectivity index (χ4v) is 2.18. The van der Waals surface area contributed by atoms with Crippen LogP contribution in [0.1, 0.15) is 11.1 Å². The third-order valence-corrected chi connectivity index (χ3v) is 3.85. The van der Waals surface area contributed by atoms with Crippen LogP contribution in [0.25, 0.3) is 0 Å². The molecule has 0 N–H and O–H groups in total. The van der Waals surface area contributed by atoms with Crippen molar-refractivity contribution < 1.29 is 0 Å². The summed E-state index contributed by atoms with van der Waals surface area (Å²) in [5.74, 6) is 0. The molecule has 0 fully saturated rings. The van der Waals surface area contributed by atoms with Gasteiger partial charge in [0.2, 0.25) is 0 Å². The van der Waals surface area contributed by atoms with Gasteiger partial charge in [0.15, 0.2) is 0 Å².